The van der Waals surface area contributed by atoms with Crippen molar-refractivity contribution in [3.05, 3.63) is 29.8 Å². The molecule has 0 aromatic heterocycles. The van der Waals surface area contributed by atoms with Crippen LogP contribution in [0.4, 0.5) is 0 Å². The van der Waals surface area contributed by atoms with Crippen molar-refractivity contribution >= 4 is 9.84 Å². The van der Waals surface area contributed by atoms with Crippen LogP contribution < -0.4 is 0 Å². The highest BCUT2D eigenvalue weighted by Crippen LogP contribution is 2.15. The zero-order valence-electron chi connectivity index (χ0n) is 11.2. The minimum atomic E-state index is -3.15. The minimum Gasteiger partial charge on any atom is -0.396 e. The molecule has 5 heteroatoms. The highest BCUT2D eigenvalue weighted by Gasteiger charge is 2.12. The normalized spacial score (nSPS) is 12.0. The van der Waals surface area contributed by atoms with Gasteiger partial charge in [0.05, 0.1) is 10.6 Å². The van der Waals surface area contributed by atoms with Crippen LogP contribution in [-0.2, 0) is 16.3 Å². The Kier molecular flexibility index (Phi) is 6.48. The van der Waals surface area contributed by atoms with Gasteiger partial charge in [0.1, 0.15) is 0 Å². The van der Waals surface area contributed by atoms with Crippen LogP contribution in [0.25, 0.3) is 0 Å². The number of rotatable bonds is 8. The molecule has 0 heterocycles. The summed E-state index contributed by atoms with van der Waals surface area (Å²) in [5.74, 6) is 0.0622. The van der Waals surface area contributed by atoms with Gasteiger partial charge in [0.2, 0.25) is 0 Å². The summed E-state index contributed by atoms with van der Waals surface area (Å²) in [6.07, 6.45) is 2.02. The molecule has 4 nitrogen and oxygen atoms in total. The zero-order valence-corrected chi connectivity index (χ0v) is 12.1. The van der Waals surface area contributed by atoms with Crippen molar-refractivity contribution in [2.24, 2.45) is 5.92 Å². The Morgan fingerprint density at radius 1 is 1.11 bits per heavy atom. The van der Waals surface area contributed by atoms with Crippen molar-refractivity contribution < 1.29 is 18.6 Å². The lowest BCUT2D eigenvalue weighted by Crippen LogP contribution is -2.12. The lowest BCUT2D eigenvalue weighted by atomic mass is 10.0. The zero-order chi connectivity index (χ0) is 14.3. The van der Waals surface area contributed by atoms with E-state index in [9.17, 15) is 8.42 Å². The van der Waals surface area contributed by atoms with Crippen molar-refractivity contribution in [1.82, 2.24) is 0 Å². The van der Waals surface area contributed by atoms with Crippen LogP contribution in [0.5, 0.6) is 0 Å². The average molecular weight is 286 g/mol. The Balaban J connectivity index is 2.67. The Hall–Kier alpha value is -0.910. The molecule has 1 aromatic rings. The number of aliphatic hydroxyl groups is 2. The summed E-state index contributed by atoms with van der Waals surface area (Å²) in [4.78, 5) is 0.360. The molecule has 0 fully saturated rings. The first-order valence-corrected chi connectivity index (χ1v) is 8.22. The monoisotopic (exact) mass is 286 g/mol. The summed E-state index contributed by atoms with van der Waals surface area (Å²) >= 11 is 0. The van der Waals surface area contributed by atoms with Crippen molar-refractivity contribution in [2.45, 2.75) is 31.1 Å². The fourth-order valence-corrected chi connectivity index (χ4v) is 3.19. The summed E-state index contributed by atoms with van der Waals surface area (Å²) in [5, 5.41) is 17.9. The molecule has 0 unspecified atom stereocenters. The van der Waals surface area contributed by atoms with E-state index in [0.29, 0.717) is 17.7 Å². The minimum absolute atomic E-state index is 0.0283. The summed E-state index contributed by atoms with van der Waals surface area (Å²) in [5.41, 5.74) is 1.02. The van der Waals surface area contributed by atoms with Crippen LogP contribution in [0.1, 0.15) is 25.3 Å². The smallest absolute Gasteiger partial charge is 0.178 e. The first-order valence-electron chi connectivity index (χ1n) is 6.57. The molecule has 0 saturated carbocycles. The standard InChI is InChI=1S/C14H22O4S/c1-2-9-19(17,18)14-7-5-12(6-8-14)3-4-13(10-15)11-16/h5-8,13,15-16H,2-4,9-11H2,1H3. The second-order valence-electron chi connectivity index (χ2n) is 4.73. The topological polar surface area (TPSA) is 74.6 Å². The van der Waals surface area contributed by atoms with E-state index in [1.807, 2.05) is 6.92 Å². The van der Waals surface area contributed by atoms with Gasteiger partial charge in [-0.15, -0.1) is 0 Å². The maximum atomic E-state index is 11.8. The Morgan fingerprint density at radius 3 is 2.16 bits per heavy atom. The number of benzene rings is 1. The van der Waals surface area contributed by atoms with Crippen LogP contribution in [0.15, 0.2) is 29.2 Å². The lowest BCUT2D eigenvalue weighted by molar-refractivity contribution is 0.144. The predicted octanol–water partition coefficient (Wildman–Crippen LogP) is 1.40. The van der Waals surface area contributed by atoms with Crippen molar-refractivity contribution in [1.29, 1.82) is 0 Å². The Bertz CT molecular complexity index is 461. The molecule has 0 radical (unpaired) electrons. The first-order chi connectivity index (χ1) is 9.03. The molecule has 2 N–H and O–H groups in total. The number of aryl methyl sites for hydroxylation is 1. The van der Waals surface area contributed by atoms with Crippen LogP contribution in [0.2, 0.25) is 0 Å². The van der Waals surface area contributed by atoms with Gasteiger partial charge in [-0.3, -0.25) is 0 Å². The maximum absolute atomic E-state index is 11.8. The fourth-order valence-electron chi connectivity index (χ4n) is 1.86. The molecule has 1 aromatic carbocycles. The lowest BCUT2D eigenvalue weighted by Gasteiger charge is -2.10. The third-order valence-corrected chi connectivity index (χ3v) is 5.05. The molecule has 0 aliphatic rings. The average Bonchev–Trinajstić information content (AvgIpc) is 2.40. The number of sulfone groups is 1. The van der Waals surface area contributed by atoms with Gasteiger partial charge in [-0.25, -0.2) is 8.42 Å². The van der Waals surface area contributed by atoms with E-state index in [1.165, 1.54) is 0 Å². The largest absolute Gasteiger partial charge is 0.396 e. The molecular weight excluding hydrogens is 264 g/mol. The second kappa shape index (κ2) is 7.62. The highest BCUT2D eigenvalue weighted by atomic mass is 32.2. The molecule has 0 aliphatic carbocycles. The molecule has 0 spiro atoms. The molecule has 0 amide bonds. The molecule has 19 heavy (non-hydrogen) atoms. The van der Waals surface area contributed by atoms with E-state index in [4.69, 9.17) is 10.2 Å². The molecule has 1 rings (SSSR count). The van der Waals surface area contributed by atoms with Gasteiger partial charge in [-0.1, -0.05) is 19.1 Å². The molecule has 0 atom stereocenters. The molecule has 0 aliphatic heterocycles. The highest BCUT2D eigenvalue weighted by molar-refractivity contribution is 7.91. The van der Waals surface area contributed by atoms with Crippen LogP contribution in [0.3, 0.4) is 0 Å². The first kappa shape index (κ1) is 16.1. The van der Waals surface area contributed by atoms with E-state index in [2.05, 4.69) is 0 Å². The van der Waals surface area contributed by atoms with Crippen LogP contribution in [-0.4, -0.2) is 37.6 Å². The number of hydrogen-bond acceptors (Lipinski definition) is 4. The molecule has 0 saturated heterocycles. The van der Waals surface area contributed by atoms with Gasteiger partial charge in [-0.2, -0.15) is 0 Å². The SMILES string of the molecule is CCCS(=O)(=O)c1ccc(CCC(CO)CO)cc1. The van der Waals surface area contributed by atoms with E-state index in [-0.39, 0.29) is 24.9 Å². The third kappa shape index (κ3) is 4.93. The maximum Gasteiger partial charge on any atom is 0.178 e. The molecule has 108 valence electrons. The quantitative estimate of drug-likeness (QED) is 0.757. The van der Waals surface area contributed by atoms with Crippen LogP contribution >= 0.6 is 0 Å². The van der Waals surface area contributed by atoms with Crippen molar-refractivity contribution in [2.75, 3.05) is 19.0 Å². The Morgan fingerprint density at radius 2 is 1.68 bits per heavy atom. The fraction of sp³-hybridized carbons (Fsp3) is 0.571. The van der Waals surface area contributed by atoms with Gasteiger partial charge < -0.3 is 10.2 Å². The van der Waals surface area contributed by atoms with E-state index < -0.39 is 9.84 Å². The molecular formula is C14H22O4S. The second-order valence-corrected chi connectivity index (χ2v) is 6.84. The van der Waals surface area contributed by atoms with E-state index >= 15 is 0 Å². The summed E-state index contributed by atoms with van der Waals surface area (Å²) in [7, 11) is -3.15. The van der Waals surface area contributed by atoms with Gasteiger partial charge in [0.25, 0.3) is 0 Å². The summed E-state index contributed by atoms with van der Waals surface area (Å²) in [6.45, 7) is 1.79. The van der Waals surface area contributed by atoms with E-state index in [1.54, 1.807) is 24.3 Å². The van der Waals surface area contributed by atoms with Crippen molar-refractivity contribution in [3.8, 4) is 0 Å². The van der Waals surface area contributed by atoms with Crippen LogP contribution in [0, 0.1) is 5.92 Å². The van der Waals surface area contributed by atoms with Gasteiger partial charge in [-0.05, 0) is 37.0 Å². The van der Waals surface area contributed by atoms with Gasteiger partial charge in [0, 0.05) is 19.1 Å². The molecule has 0 bridgehead atoms. The summed E-state index contributed by atoms with van der Waals surface area (Å²) in [6, 6.07) is 6.86. The van der Waals surface area contributed by atoms with Crippen molar-refractivity contribution in [3.63, 3.8) is 0 Å². The third-order valence-electron chi connectivity index (χ3n) is 3.11. The summed E-state index contributed by atoms with van der Waals surface area (Å²) < 4.78 is 23.7. The van der Waals surface area contributed by atoms with Gasteiger partial charge in [0.15, 0.2) is 9.84 Å². The van der Waals surface area contributed by atoms with E-state index in [0.717, 1.165) is 12.0 Å². The predicted molar refractivity (Wildman–Crippen MR) is 74.8 cm³/mol. The van der Waals surface area contributed by atoms with Gasteiger partial charge >= 0.3 is 0 Å². The Labute approximate surface area is 115 Å². The number of hydrogen-bond donors (Lipinski definition) is 2. The number of aliphatic hydroxyl groups excluding tert-OH is 2.